The quantitative estimate of drug-likeness (QED) is 0.894. The molecule has 2 atom stereocenters. The number of nitrogens with zero attached hydrogens (tertiary/aromatic N) is 1. The topological polar surface area (TPSA) is 66.8 Å². The minimum absolute atomic E-state index is 0.0569. The van der Waals surface area contributed by atoms with E-state index in [1.165, 1.54) is 18.0 Å². The molecule has 1 aromatic rings. The maximum absolute atomic E-state index is 13.0. The molecule has 0 bridgehead atoms. The summed E-state index contributed by atoms with van der Waals surface area (Å²) in [5, 5.41) is 9.20. The molecule has 7 heteroatoms. The lowest BCUT2D eigenvalue weighted by atomic mass is 9.98. The molecule has 1 heterocycles. The normalized spacial score (nSPS) is 23.5. The number of benzene rings is 1. The molecule has 1 aromatic carbocycles. The van der Waals surface area contributed by atoms with E-state index in [0.29, 0.717) is 5.56 Å². The van der Waals surface area contributed by atoms with Crippen LogP contribution in [0.2, 0.25) is 5.02 Å². The molecule has 0 aliphatic carbocycles. The summed E-state index contributed by atoms with van der Waals surface area (Å²) in [6.45, 7) is -0.303. The number of ether oxygens (including phenoxy) is 1. The van der Waals surface area contributed by atoms with Crippen molar-refractivity contribution in [3.05, 3.63) is 34.6 Å². The number of carboxylic acids is 1. The lowest BCUT2D eigenvalue weighted by Crippen LogP contribution is -2.50. The highest BCUT2D eigenvalue weighted by atomic mass is 35.5. The number of hydrogen-bond donors (Lipinski definition) is 1. The third kappa shape index (κ3) is 2.54. The van der Waals surface area contributed by atoms with Crippen LogP contribution in [0.3, 0.4) is 0 Å². The fourth-order valence-electron chi connectivity index (χ4n) is 2.03. The van der Waals surface area contributed by atoms with Gasteiger partial charge in [0.15, 0.2) is 6.10 Å². The number of carboxylic acid groups (broad SMARTS) is 1. The lowest BCUT2D eigenvalue weighted by Gasteiger charge is -2.37. The van der Waals surface area contributed by atoms with E-state index >= 15 is 0 Å². The summed E-state index contributed by atoms with van der Waals surface area (Å²) < 4.78 is 18.1. The predicted molar refractivity (Wildman–Crippen MR) is 64.3 cm³/mol. The Kier molecular flexibility index (Phi) is 3.73. The van der Waals surface area contributed by atoms with Crippen LogP contribution in [0.1, 0.15) is 11.6 Å². The molecule has 0 spiro atoms. The van der Waals surface area contributed by atoms with Crippen molar-refractivity contribution >= 4 is 23.5 Å². The number of carbonyl (C=O) groups excluding carboxylic acids is 1. The first kappa shape index (κ1) is 13.8. The van der Waals surface area contributed by atoms with Crippen molar-refractivity contribution in [3.8, 4) is 0 Å². The van der Waals surface area contributed by atoms with Gasteiger partial charge in [-0.05, 0) is 17.7 Å². The number of likely N-dealkylation sites (N-methyl/N-ethyl adjacent to an activating group) is 1. The first-order chi connectivity index (χ1) is 8.91. The highest BCUT2D eigenvalue weighted by Crippen LogP contribution is 2.33. The summed E-state index contributed by atoms with van der Waals surface area (Å²) in [5.41, 5.74) is 0.339. The van der Waals surface area contributed by atoms with Gasteiger partial charge in [0.2, 0.25) is 5.91 Å². The van der Waals surface area contributed by atoms with Crippen molar-refractivity contribution in [1.82, 2.24) is 4.90 Å². The van der Waals surface area contributed by atoms with Crippen molar-refractivity contribution in [2.45, 2.75) is 12.1 Å². The summed E-state index contributed by atoms with van der Waals surface area (Å²) in [6.07, 6.45) is -1.23. The van der Waals surface area contributed by atoms with Crippen LogP contribution in [0.4, 0.5) is 4.39 Å². The second kappa shape index (κ2) is 5.14. The molecule has 0 aromatic heterocycles. The zero-order valence-corrected chi connectivity index (χ0v) is 10.7. The van der Waals surface area contributed by atoms with Crippen LogP contribution in [-0.2, 0) is 14.3 Å². The zero-order valence-electron chi connectivity index (χ0n) is 9.97. The molecule has 1 aliphatic rings. The summed E-state index contributed by atoms with van der Waals surface area (Å²) >= 11 is 5.92. The number of halogens is 2. The molecule has 0 radical (unpaired) electrons. The Morgan fingerprint density at radius 2 is 2.26 bits per heavy atom. The van der Waals surface area contributed by atoms with Crippen LogP contribution in [0.15, 0.2) is 18.2 Å². The molecule has 102 valence electrons. The van der Waals surface area contributed by atoms with Crippen molar-refractivity contribution < 1.29 is 23.8 Å². The van der Waals surface area contributed by atoms with Gasteiger partial charge in [-0.25, -0.2) is 9.18 Å². The number of rotatable bonds is 2. The standard InChI is InChI=1S/C12H11ClFNO4/c1-15-9(16)5-19-11(12(17)18)10(15)7-3-2-6(14)4-8(7)13/h2-4,10-11H,5H2,1H3,(H,17,18). The van der Waals surface area contributed by atoms with Gasteiger partial charge in [-0.2, -0.15) is 0 Å². The van der Waals surface area contributed by atoms with E-state index in [0.717, 1.165) is 12.1 Å². The van der Waals surface area contributed by atoms with Crippen LogP contribution in [0.25, 0.3) is 0 Å². The average Bonchev–Trinajstić information content (AvgIpc) is 2.33. The van der Waals surface area contributed by atoms with Gasteiger partial charge in [0.25, 0.3) is 0 Å². The number of amides is 1. The van der Waals surface area contributed by atoms with Crippen molar-refractivity contribution in [3.63, 3.8) is 0 Å². The molecule has 1 fully saturated rings. The number of carbonyl (C=O) groups is 2. The highest BCUT2D eigenvalue weighted by molar-refractivity contribution is 6.31. The minimum Gasteiger partial charge on any atom is -0.479 e. The number of morpholine rings is 1. The smallest absolute Gasteiger partial charge is 0.335 e. The Bertz CT molecular complexity index is 536. The Balaban J connectivity index is 2.46. The molecule has 2 unspecified atom stereocenters. The Morgan fingerprint density at radius 3 is 2.84 bits per heavy atom. The van der Waals surface area contributed by atoms with Crippen molar-refractivity contribution in [1.29, 1.82) is 0 Å². The zero-order chi connectivity index (χ0) is 14.2. The van der Waals surface area contributed by atoms with Gasteiger partial charge >= 0.3 is 5.97 Å². The second-order valence-electron chi connectivity index (χ2n) is 4.19. The van der Waals surface area contributed by atoms with Gasteiger partial charge in [-0.15, -0.1) is 0 Å². The maximum Gasteiger partial charge on any atom is 0.335 e. The van der Waals surface area contributed by atoms with E-state index in [1.54, 1.807) is 0 Å². The van der Waals surface area contributed by atoms with E-state index in [1.807, 2.05) is 0 Å². The molecular formula is C12H11ClFNO4. The molecule has 1 N–H and O–H groups in total. The third-order valence-electron chi connectivity index (χ3n) is 3.01. The minimum atomic E-state index is -1.23. The summed E-state index contributed by atoms with van der Waals surface area (Å²) in [7, 11) is 1.46. The SMILES string of the molecule is CN1C(=O)COC(C(=O)O)C1c1ccc(F)cc1Cl. The Morgan fingerprint density at radius 1 is 1.58 bits per heavy atom. The fraction of sp³-hybridized carbons (Fsp3) is 0.333. The molecule has 5 nitrogen and oxygen atoms in total. The largest absolute Gasteiger partial charge is 0.479 e. The summed E-state index contributed by atoms with van der Waals surface area (Å²) in [5.74, 6) is -2.10. The van der Waals surface area contributed by atoms with E-state index < -0.39 is 23.9 Å². The van der Waals surface area contributed by atoms with Crippen LogP contribution < -0.4 is 0 Å². The molecule has 0 saturated carbocycles. The van der Waals surface area contributed by atoms with Crippen molar-refractivity contribution in [2.24, 2.45) is 0 Å². The van der Waals surface area contributed by atoms with E-state index in [2.05, 4.69) is 0 Å². The summed E-state index contributed by atoms with van der Waals surface area (Å²) in [6, 6.07) is 2.71. The molecular weight excluding hydrogens is 277 g/mol. The predicted octanol–water partition coefficient (Wildman–Crippen LogP) is 1.46. The van der Waals surface area contributed by atoms with Gasteiger partial charge in [-0.3, -0.25) is 4.79 Å². The van der Waals surface area contributed by atoms with Gasteiger partial charge in [0.05, 0.1) is 6.04 Å². The van der Waals surface area contributed by atoms with Gasteiger partial charge in [0, 0.05) is 12.1 Å². The van der Waals surface area contributed by atoms with Crippen LogP contribution in [-0.4, -0.2) is 41.6 Å². The van der Waals surface area contributed by atoms with E-state index in [-0.39, 0.29) is 17.5 Å². The fourth-order valence-corrected chi connectivity index (χ4v) is 2.31. The lowest BCUT2D eigenvalue weighted by molar-refractivity contribution is -0.171. The molecule has 1 amide bonds. The van der Waals surface area contributed by atoms with Gasteiger partial charge in [0.1, 0.15) is 12.4 Å². The first-order valence-corrected chi connectivity index (χ1v) is 5.84. The highest BCUT2D eigenvalue weighted by Gasteiger charge is 2.41. The van der Waals surface area contributed by atoms with E-state index in [9.17, 15) is 14.0 Å². The number of aliphatic carboxylic acids is 1. The maximum atomic E-state index is 13.0. The van der Waals surface area contributed by atoms with Crippen LogP contribution in [0, 0.1) is 5.82 Å². The van der Waals surface area contributed by atoms with Crippen LogP contribution in [0.5, 0.6) is 0 Å². The molecule has 2 rings (SSSR count). The van der Waals surface area contributed by atoms with Crippen molar-refractivity contribution in [2.75, 3.05) is 13.7 Å². The number of hydrogen-bond acceptors (Lipinski definition) is 3. The Labute approximate surface area is 113 Å². The van der Waals surface area contributed by atoms with Crippen LogP contribution >= 0.6 is 11.6 Å². The van der Waals surface area contributed by atoms with E-state index in [4.69, 9.17) is 21.4 Å². The van der Waals surface area contributed by atoms with Gasteiger partial charge in [-0.1, -0.05) is 17.7 Å². The van der Waals surface area contributed by atoms with Gasteiger partial charge < -0.3 is 14.7 Å². The first-order valence-electron chi connectivity index (χ1n) is 5.47. The molecule has 1 aliphatic heterocycles. The monoisotopic (exact) mass is 287 g/mol. The molecule has 19 heavy (non-hydrogen) atoms. The summed E-state index contributed by atoms with van der Waals surface area (Å²) in [4.78, 5) is 24.1. The Hall–Kier alpha value is -1.66. The average molecular weight is 288 g/mol. The second-order valence-corrected chi connectivity index (χ2v) is 4.59. The third-order valence-corrected chi connectivity index (χ3v) is 3.34. The molecule has 1 saturated heterocycles.